The van der Waals surface area contributed by atoms with E-state index in [1.54, 1.807) is 18.9 Å². The van der Waals surface area contributed by atoms with Gasteiger partial charge >= 0.3 is 0 Å². The van der Waals surface area contributed by atoms with Crippen LogP contribution in [0.4, 0.5) is 0 Å². The summed E-state index contributed by atoms with van der Waals surface area (Å²) < 4.78 is 5.73. The van der Waals surface area contributed by atoms with Gasteiger partial charge in [0, 0.05) is 18.3 Å². The fraction of sp³-hybridized carbons (Fsp3) is 0.368. The van der Waals surface area contributed by atoms with Crippen LogP contribution in [0.15, 0.2) is 24.3 Å². The second-order valence-corrected chi connectivity index (χ2v) is 6.02. The average molecular weight is 328 g/mol. The normalized spacial score (nSPS) is 10.5. The Morgan fingerprint density at radius 2 is 1.83 bits per heavy atom. The highest BCUT2D eigenvalue weighted by atomic mass is 16.5. The predicted octanol–water partition coefficient (Wildman–Crippen LogP) is 3.29. The van der Waals surface area contributed by atoms with Crippen LogP contribution in [0.1, 0.15) is 44.6 Å². The third-order valence-electron chi connectivity index (χ3n) is 4.13. The Bertz CT molecular complexity index is 762. The van der Waals surface area contributed by atoms with Crippen molar-refractivity contribution in [3.05, 3.63) is 52.3 Å². The number of H-pyrrole nitrogens is 1. The number of ketones is 1. The summed E-state index contributed by atoms with van der Waals surface area (Å²) in [7, 11) is 1.73. The van der Waals surface area contributed by atoms with Crippen LogP contribution in [0.5, 0.6) is 5.75 Å². The zero-order chi connectivity index (χ0) is 17.9. The predicted molar refractivity (Wildman–Crippen MR) is 93.9 cm³/mol. The van der Waals surface area contributed by atoms with E-state index in [4.69, 9.17) is 4.74 Å². The molecule has 2 rings (SSSR count). The molecule has 1 aromatic carbocycles. The van der Waals surface area contributed by atoms with Crippen molar-refractivity contribution in [2.24, 2.45) is 0 Å². The number of amides is 1. The van der Waals surface area contributed by atoms with E-state index < -0.39 is 0 Å². The van der Waals surface area contributed by atoms with Gasteiger partial charge in [0.1, 0.15) is 18.1 Å². The molecule has 0 bridgehead atoms. The largest absolute Gasteiger partial charge is 0.491 e. The fourth-order valence-corrected chi connectivity index (χ4v) is 2.80. The highest BCUT2D eigenvalue weighted by Crippen LogP contribution is 2.20. The summed E-state index contributed by atoms with van der Waals surface area (Å²) in [6, 6.07) is 7.78. The lowest BCUT2D eigenvalue weighted by Gasteiger charge is -2.18. The maximum absolute atomic E-state index is 12.6. The molecule has 5 heteroatoms. The number of hydrogen-bond donors (Lipinski definition) is 1. The number of likely N-dealkylation sites (N-methyl/N-ethyl adjacent to an activating group) is 1. The minimum Gasteiger partial charge on any atom is -0.491 e. The van der Waals surface area contributed by atoms with Crippen LogP contribution in [0, 0.1) is 20.8 Å². The van der Waals surface area contributed by atoms with Crippen LogP contribution in [0.2, 0.25) is 0 Å². The van der Waals surface area contributed by atoms with E-state index in [0.717, 1.165) is 17.0 Å². The molecule has 1 heterocycles. The lowest BCUT2D eigenvalue weighted by molar-refractivity contribution is 0.0767. The average Bonchev–Trinajstić information content (AvgIpc) is 2.83. The van der Waals surface area contributed by atoms with Crippen LogP contribution in [0.3, 0.4) is 0 Å². The molecule has 1 aromatic heterocycles. The molecule has 128 valence electrons. The summed E-state index contributed by atoms with van der Waals surface area (Å²) in [4.78, 5) is 28.9. The Morgan fingerprint density at radius 3 is 2.42 bits per heavy atom. The number of nitrogens with zero attached hydrogens (tertiary/aromatic N) is 1. The van der Waals surface area contributed by atoms with E-state index in [1.807, 2.05) is 38.1 Å². The van der Waals surface area contributed by atoms with Gasteiger partial charge in [-0.15, -0.1) is 0 Å². The van der Waals surface area contributed by atoms with Gasteiger partial charge < -0.3 is 14.6 Å². The van der Waals surface area contributed by atoms with Crippen LogP contribution in [0.25, 0.3) is 0 Å². The van der Waals surface area contributed by atoms with Gasteiger partial charge in [0.2, 0.25) is 0 Å². The standard InChI is InChI=1S/C19H24N2O3/c1-12-8-6-7-9-16(12)24-11-10-21(5)19(23)18-13(2)17(15(4)22)14(3)20-18/h6-9,20H,10-11H2,1-5H3. The Morgan fingerprint density at radius 1 is 1.17 bits per heavy atom. The maximum Gasteiger partial charge on any atom is 0.270 e. The van der Waals surface area contributed by atoms with Crippen molar-refractivity contribution in [1.29, 1.82) is 0 Å². The zero-order valence-corrected chi connectivity index (χ0v) is 14.9. The quantitative estimate of drug-likeness (QED) is 0.828. The molecule has 0 saturated carbocycles. The van der Waals surface area contributed by atoms with Crippen molar-refractivity contribution in [1.82, 2.24) is 9.88 Å². The number of carbonyl (C=O) groups excluding carboxylic acids is 2. The van der Waals surface area contributed by atoms with Crippen molar-refractivity contribution in [3.8, 4) is 5.75 Å². The van der Waals surface area contributed by atoms with Gasteiger partial charge in [-0.2, -0.15) is 0 Å². The van der Waals surface area contributed by atoms with E-state index in [2.05, 4.69) is 4.98 Å². The molecule has 0 aliphatic rings. The number of Topliss-reactive ketones (excluding diaryl/α,β-unsaturated/α-hetero) is 1. The molecule has 0 saturated heterocycles. The highest BCUT2D eigenvalue weighted by Gasteiger charge is 2.22. The molecule has 0 fully saturated rings. The summed E-state index contributed by atoms with van der Waals surface area (Å²) in [5.41, 5.74) is 3.57. The first kappa shape index (κ1) is 17.8. The van der Waals surface area contributed by atoms with Crippen molar-refractivity contribution in [2.45, 2.75) is 27.7 Å². The zero-order valence-electron chi connectivity index (χ0n) is 14.9. The SMILES string of the molecule is CC(=O)c1c(C)[nH]c(C(=O)N(C)CCOc2ccccc2C)c1C. The summed E-state index contributed by atoms with van der Waals surface area (Å²) in [6.45, 7) is 7.97. The van der Waals surface area contributed by atoms with Gasteiger partial charge in [-0.1, -0.05) is 18.2 Å². The van der Waals surface area contributed by atoms with Crippen molar-refractivity contribution < 1.29 is 14.3 Å². The van der Waals surface area contributed by atoms with E-state index in [0.29, 0.717) is 30.0 Å². The number of nitrogens with one attached hydrogen (secondary N) is 1. The Kier molecular flexibility index (Phi) is 5.44. The minimum atomic E-state index is -0.142. The number of ether oxygens (including phenoxy) is 1. The number of aromatic amines is 1. The topological polar surface area (TPSA) is 62.4 Å². The number of hydrogen-bond acceptors (Lipinski definition) is 3. The van der Waals surface area contributed by atoms with Gasteiger partial charge in [0.05, 0.1) is 6.54 Å². The lowest BCUT2D eigenvalue weighted by atomic mass is 10.1. The first-order valence-electron chi connectivity index (χ1n) is 7.97. The molecule has 5 nitrogen and oxygen atoms in total. The molecule has 0 unspecified atom stereocenters. The van der Waals surface area contributed by atoms with Crippen LogP contribution >= 0.6 is 0 Å². The van der Waals surface area contributed by atoms with E-state index in [-0.39, 0.29) is 11.7 Å². The van der Waals surface area contributed by atoms with Crippen LogP contribution in [-0.4, -0.2) is 41.8 Å². The fourth-order valence-electron chi connectivity index (χ4n) is 2.80. The second kappa shape index (κ2) is 7.34. The maximum atomic E-state index is 12.6. The second-order valence-electron chi connectivity index (χ2n) is 6.02. The molecule has 24 heavy (non-hydrogen) atoms. The van der Waals surface area contributed by atoms with Crippen LogP contribution < -0.4 is 4.74 Å². The number of rotatable bonds is 6. The molecular weight excluding hydrogens is 304 g/mol. The van der Waals surface area contributed by atoms with Crippen LogP contribution in [-0.2, 0) is 0 Å². The highest BCUT2D eigenvalue weighted by molar-refractivity contribution is 6.02. The molecule has 0 atom stereocenters. The minimum absolute atomic E-state index is 0.0363. The monoisotopic (exact) mass is 328 g/mol. The molecule has 1 N–H and O–H groups in total. The molecule has 0 radical (unpaired) electrons. The number of para-hydroxylation sites is 1. The molecule has 0 spiro atoms. The van der Waals surface area contributed by atoms with Gasteiger partial charge in [-0.25, -0.2) is 0 Å². The third-order valence-corrected chi connectivity index (χ3v) is 4.13. The number of aryl methyl sites for hydroxylation is 2. The van der Waals surface area contributed by atoms with Crippen molar-refractivity contribution in [3.63, 3.8) is 0 Å². The van der Waals surface area contributed by atoms with Gasteiger partial charge in [-0.3, -0.25) is 9.59 Å². The van der Waals surface area contributed by atoms with E-state index >= 15 is 0 Å². The molecule has 2 aromatic rings. The summed E-state index contributed by atoms with van der Waals surface area (Å²) in [5.74, 6) is 0.645. The van der Waals surface area contributed by atoms with Gasteiger partial charge in [0.15, 0.2) is 5.78 Å². The summed E-state index contributed by atoms with van der Waals surface area (Å²) in [6.07, 6.45) is 0. The number of aromatic nitrogens is 1. The van der Waals surface area contributed by atoms with Gasteiger partial charge in [-0.05, 0) is 44.9 Å². The molecule has 0 aliphatic heterocycles. The van der Waals surface area contributed by atoms with Crippen molar-refractivity contribution >= 4 is 11.7 Å². The first-order chi connectivity index (χ1) is 11.3. The first-order valence-corrected chi connectivity index (χ1v) is 7.97. The Balaban J connectivity index is 2.01. The molecule has 0 aliphatic carbocycles. The smallest absolute Gasteiger partial charge is 0.270 e. The summed E-state index contributed by atoms with van der Waals surface area (Å²) in [5, 5.41) is 0. The van der Waals surface area contributed by atoms with E-state index in [9.17, 15) is 9.59 Å². The van der Waals surface area contributed by atoms with Crippen molar-refractivity contribution in [2.75, 3.05) is 20.2 Å². The van der Waals surface area contributed by atoms with E-state index in [1.165, 1.54) is 6.92 Å². The molecule has 1 amide bonds. The number of benzene rings is 1. The Labute approximate surface area is 142 Å². The Hall–Kier alpha value is -2.56. The molecular formula is C19H24N2O3. The van der Waals surface area contributed by atoms with Gasteiger partial charge in [0.25, 0.3) is 5.91 Å². The third kappa shape index (κ3) is 3.67. The number of carbonyl (C=O) groups is 2. The summed E-state index contributed by atoms with van der Waals surface area (Å²) >= 11 is 0. The lowest BCUT2D eigenvalue weighted by Crippen LogP contribution is -2.31.